The molecule has 0 atom stereocenters. The molecule has 2 heterocycles. The number of benzene rings is 1. The quantitative estimate of drug-likeness (QED) is 0.883. The fourth-order valence-electron chi connectivity index (χ4n) is 2.04. The van der Waals surface area contributed by atoms with Crippen LogP contribution in [0.5, 0.6) is 0 Å². The van der Waals surface area contributed by atoms with Crippen LogP contribution in [0.15, 0.2) is 48.1 Å². The summed E-state index contributed by atoms with van der Waals surface area (Å²) in [7, 11) is 0. The van der Waals surface area contributed by atoms with Crippen LogP contribution in [0, 0.1) is 0 Å². The molecule has 1 aromatic heterocycles. The number of imidazole rings is 1. The van der Waals surface area contributed by atoms with E-state index in [0.717, 1.165) is 5.69 Å². The van der Waals surface area contributed by atoms with Gasteiger partial charge in [-0.1, -0.05) is 12.1 Å². The Labute approximate surface area is 120 Å². The van der Waals surface area contributed by atoms with Crippen LogP contribution in [0.3, 0.4) is 0 Å². The van der Waals surface area contributed by atoms with Gasteiger partial charge in [-0.2, -0.15) is 5.10 Å². The minimum Gasteiger partial charge on any atom is -0.319 e. The smallest absolute Gasteiger partial charge is 0.271 e. The van der Waals surface area contributed by atoms with Crippen molar-refractivity contribution in [3.05, 3.63) is 43.0 Å². The predicted molar refractivity (Wildman–Crippen MR) is 77.0 cm³/mol. The number of nitrogens with one attached hydrogen (secondary N) is 2. The van der Waals surface area contributed by atoms with E-state index < -0.39 is 0 Å². The highest BCUT2D eigenvalue weighted by Gasteiger charge is 2.19. The Morgan fingerprint density at radius 1 is 1.29 bits per heavy atom. The lowest BCUT2D eigenvalue weighted by molar-refractivity contribution is -0.121. The number of nitrogens with zero attached hydrogens (tertiary/aromatic N) is 3. The van der Waals surface area contributed by atoms with Crippen molar-refractivity contribution in [3.8, 4) is 5.69 Å². The standard InChI is InChI=1S/C14H13N5O2/c20-13-6-5-11(17-18-13)14(21)16-10-3-1-2-4-12(10)19-8-7-15-9-19/h1-4,7-9H,5-6H2,(H,16,21)(H,18,20). The minimum absolute atomic E-state index is 0.176. The van der Waals surface area contributed by atoms with Gasteiger partial charge in [-0.15, -0.1) is 0 Å². The number of hydrogen-bond donors (Lipinski definition) is 2. The van der Waals surface area contributed by atoms with E-state index in [4.69, 9.17) is 0 Å². The lowest BCUT2D eigenvalue weighted by Gasteiger charge is -2.14. The van der Waals surface area contributed by atoms with Crippen molar-refractivity contribution in [2.75, 3.05) is 5.32 Å². The zero-order valence-corrected chi connectivity index (χ0v) is 11.1. The monoisotopic (exact) mass is 283 g/mol. The molecule has 1 aliphatic rings. The second kappa shape index (κ2) is 5.58. The zero-order valence-electron chi connectivity index (χ0n) is 11.1. The first-order chi connectivity index (χ1) is 10.2. The zero-order chi connectivity index (χ0) is 14.7. The van der Waals surface area contributed by atoms with Crippen LogP contribution >= 0.6 is 0 Å². The topological polar surface area (TPSA) is 88.4 Å². The Bertz CT molecular complexity index is 706. The van der Waals surface area contributed by atoms with E-state index >= 15 is 0 Å². The predicted octanol–water partition coefficient (Wildman–Crippen LogP) is 1.08. The van der Waals surface area contributed by atoms with Gasteiger partial charge in [0.2, 0.25) is 5.91 Å². The first-order valence-corrected chi connectivity index (χ1v) is 6.48. The molecule has 2 aromatic rings. The molecule has 1 aromatic carbocycles. The van der Waals surface area contributed by atoms with Gasteiger partial charge >= 0.3 is 0 Å². The Balaban J connectivity index is 1.82. The molecule has 0 spiro atoms. The summed E-state index contributed by atoms with van der Waals surface area (Å²) >= 11 is 0. The summed E-state index contributed by atoms with van der Waals surface area (Å²) in [6.45, 7) is 0. The van der Waals surface area contributed by atoms with Crippen LogP contribution in [-0.2, 0) is 9.59 Å². The Hall–Kier alpha value is -2.96. The Morgan fingerprint density at radius 2 is 2.14 bits per heavy atom. The van der Waals surface area contributed by atoms with Crippen LogP contribution in [0.25, 0.3) is 5.69 Å². The third-order valence-corrected chi connectivity index (χ3v) is 3.10. The summed E-state index contributed by atoms with van der Waals surface area (Å²) in [4.78, 5) is 27.2. The summed E-state index contributed by atoms with van der Waals surface area (Å²) in [6, 6.07) is 7.39. The average Bonchev–Trinajstić information content (AvgIpc) is 3.02. The molecule has 7 heteroatoms. The van der Waals surface area contributed by atoms with Gasteiger partial charge in [0.15, 0.2) is 0 Å². The lowest BCUT2D eigenvalue weighted by Crippen LogP contribution is -2.32. The van der Waals surface area contributed by atoms with Crippen LogP contribution in [-0.4, -0.2) is 27.1 Å². The molecule has 7 nitrogen and oxygen atoms in total. The van der Waals surface area contributed by atoms with E-state index in [1.54, 1.807) is 29.4 Å². The highest BCUT2D eigenvalue weighted by molar-refractivity contribution is 6.43. The maximum atomic E-state index is 12.2. The van der Waals surface area contributed by atoms with E-state index in [2.05, 4.69) is 20.8 Å². The molecular weight excluding hydrogens is 270 g/mol. The van der Waals surface area contributed by atoms with E-state index in [0.29, 0.717) is 17.8 Å². The summed E-state index contributed by atoms with van der Waals surface area (Å²) < 4.78 is 1.81. The van der Waals surface area contributed by atoms with Gasteiger partial charge in [0.25, 0.3) is 5.91 Å². The van der Waals surface area contributed by atoms with Crippen LogP contribution in [0.1, 0.15) is 12.8 Å². The molecule has 21 heavy (non-hydrogen) atoms. The van der Waals surface area contributed by atoms with Gasteiger partial charge in [-0.3, -0.25) is 9.59 Å². The fourth-order valence-corrected chi connectivity index (χ4v) is 2.04. The molecule has 0 radical (unpaired) electrons. The average molecular weight is 283 g/mol. The number of hydrazone groups is 1. The van der Waals surface area contributed by atoms with Crippen molar-refractivity contribution in [1.82, 2.24) is 15.0 Å². The van der Waals surface area contributed by atoms with Gasteiger partial charge in [0.1, 0.15) is 5.71 Å². The molecule has 106 valence electrons. The highest BCUT2D eigenvalue weighted by atomic mass is 16.2. The highest BCUT2D eigenvalue weighted by Crippen LogP contribution is 2.19. The number of amides is 2. The van der Waals surface area contributed by atoms with Crippen molar-refractivity contribution in [2.45, 2.75) is 12.8 Å². The SMILES string of the molecule is O=C1CCC(C(=O)Nc2ccccc2-n2ccnc2)=NN1. The molecule has 2 amide bonds. The molecule has 0 saturated heterocycles. The van der Waals surface area contributed by atoms with E-state index in [9.17, 15) is 9.59 Å². The van der Waals surface area contributed by atoms with Crippen molar-refractivity contribution in [2.24, 2.45) is 5.10 Å². The number of para-hydroxylation sites is 2. The molecular formula is C14H13N5O2. The first kappa shape index (κ1) is 13.0. The third-order valence-electron chi connectivity index (χ3n) is 3.10. The van der Waals surface area contributed by atoms with Crippen LogP contribution in [0.2, 0.25) is 0 Å². The van der Waals surface area contributed by atoms with Crippen LogP contribution in [0.4, 0.5) is 5.69 Å². The van der Waals surface area contributed by atoms with Gasteiger partial charge in [0.05, 0.1) is 17.7 Å². The second-order valence-corrected chi connectivity index (χ2v) is 4.53. The third kappa shape index (κ3) is 2.81. The van der Waals surface area contributed by atoms with Gasteiger partial charge in [-0.05, 0) is 12.1 Å². The van der Waals surface area contributed by atoms with Crippen molar-refractivity contribution in [3.63, 3.8) is 0 Å². The number of rotatable bonds is 3. The number of anilines is 1. The molecule has 0 bridgehead atoms. The number of carbonyl (C=O) groups excluding carboxylic acids is 2. The maximum absolute atomic E-state index is 12.2. The summed E-state index contributed by atoms with van der Waals surface area (Å²) in [5.74, 6) is -0.493. The molecule has 0 unspecified atom stereocenters. The van der Waals surface area contributed by atoms with Crippen molar-refractivity contribution < 1.29 is 9.59 Å². The summed E-state index contributed by atoms with van der Waals surface area (Å²) in [5, 5.41) is 6.60. The Morgan fingerprint density at radius 3 is 2.86 bits per heavy atom. The minimum atomic E-state index is -0.317. The van der Waals surface area contributed by atoms with Gasteiger partial charge < -0.3 is 9.88 Å². The van der Waals surface area contributed by atoms with E-state index in [-0.39, 0.29) is 18.2 Å². The van der Waals surface area contributed by atoms with E-state index in [1.807, 2.05) is 18.2 Å². The van der Waals surface area contributed by atoms with Crippen molar-refractivity contribution >= 4 is 23.2 Å². The summed E-state index contributed by atoms with van der Waals surface area (Å²) in [5.41, 5.74) is 4.09. The number of carbonyl (C=O) groups is 2. The molecule has 0 aliphatic carbocycles. The second-order valence-electron chi connectivity index (χ2n) is 4.53. The lowest BCUT2D eigenvalue weighted by atomic mass is 10.1. The maximum Gasteiger partial charge on any atom is 0.271 e. The van der Waals surface area contributed by atoms with E-state index in [1.165, 1.54) is 0 Å². The summed E-state index contributed by atoms with van der Waals surface area (Å²) in [6.07, 6.45) is 5.73. The molecule has 1 aliphatic heterocycles. The fraction of sp³-hybridized carbons (Fsp3) is 0.143. The normalized spacial score (nSPS) is 14.3. The molecule has 0 fully saturated rings. The molecule has 3 rings (SSSR count). The van der Waals surface area contributed by atoms with Gasteiger partial charge in [0, 0.05) is 25.2 Å². The largest absolute Gasteiger partial charge is 0.319 e. The van der Waals surface area contributed by atoms with Gasteiger partial charge in [-0.25, -0.2) is 10.4 Å². The Kier molecular flexibility index (Phi) is 3.46. The van der Waals surface area contributed by atoms with Crippen molar-refractivity contribution in [1.29, 1.82) is 0 Å². The molecule has 2 N–H and O–H groups in total. The van der Waals surface area contributed by atoms with Crippen LogP contribution < -0.4 is 10.7 Å². The molecule has 0 saturated carbocycles. The number of aromatic nitrogens is 2. The number of hydrogen-bond acceptors (Lipinski definition) is 4. The first-order valence-electron chi connectivity index (χ1n) is 6.48.